The van der Waals surface area contributed by atoms with Gasteiger partial charge in [0.2, 0.25) is 0 Å². The van der Waals surface area contributed by atoms with Gasteiger partial charge in [0.15, 0.2) is 5.78 Å². The molecule has 0 aliphatic heterocycles. The number of fused-ring (bicyclic) bond motifs is 7. The summed E-state index contributed by atoms with van der Waals surface area (Å²) >= 11 is 0. The number of ketones is 1. The van der Waals surface area contributed by atoms with Crippen LogP contribution >= 0.6 is 0 Å². The van der Waals surface area contributed by atoms with Crippen molar-refractivity contribution in [2.45, 2.75) is 112 Å². The molecule has 8 atom stereocenters. The van der Waals surface area contributed by atoms with Gasteiger partial charge in [0.05, 0.1) is 5.54 Å². The van der Waals surface area contributed by atoms with Gasteiger partial charge in [-0.1, -0.05) is 48.5 Å². The van der Waals surface area contributed by atoms with Gasteiger partial charge in [0, 0.05) is 6.42 Å². The Morgan fingerprint density at radius 1 is 0.941 bits per heavy atom. The lowest BCUT2D eigenvalue weighted by Gasteiger charge is -2.69. The van der Waals surface area contributed by atoms with Crippen LogP contribution in [0.1, 0.15) is 106 Å². The van der Waals surface area contributed by atoms with E-state index in [2.05, 4.69) is 53.8 Å². The molecule has 0 bridgehead atoms. The fourth-order valence-electron chi connectivity index (χ4n) is 10.8. The number of amides is 1. The summed E-state index contributed by atoms with van der Waals surface area (Å²) in [4.78, 5) is 25.1. The second-order valence-corrected chi connectivity index (χ2v) is 14.3. The molecule has 5 rings (SSSR count). The standard InChI is InChI=1S/C30H47NO3/c1-17(2)24-21(32)16-30(31-26(33)34)15-11-20-19(25(24)30)8-9-23-28(20,6)14-12-22-27(4,5)18(3)10-13-29(22,23)7/h17-20,22-23,31H,8-16H2,1-7H3,(H,33,34)/t18-,19?,20?,22?,23?,28-,29-,30+/m0/s1. The third kappa shape index (κ3) is 3.08. The van der Waals surface area contributed by atoms with E-state index in [-0.39, 0.29) is 17.1 Å². The summed E-state index contributed by atoms with van der Waals surface area (Å²) in [5.74, 6) is 3.54. The largest absolute Gasteiger partial charge is 0.465 e. The molecule has 0 aromatic rings. The molecular weight excluding hydrogens is 422 g/mol. The third-order valence-electron chi connectivity index (χ3n) is 12.5. The lowest BCUT2D eigenvalue weighted by molar-refractivity contribution is -0.188. The molecule has 0 saturated heterocycles. The molecule has 0 spiro atoms. The van der Waals surface area contributed by atoms with E-state index >= 15 is 0 Å². The van der Waals surface area contributed by atoms with E-state index in [1.54, 1.807) is 0 Å². The summed E-state index contributed by atoms with van der Waals surface area (Å²) in [5, 5.41) is 12.6. The summed E-state index contributed by atoms with van der Waals surface area (Å²) in [6.07, 6.45) is 8.80. The number of hydrogen-bond acceptors (Lipinski definition) is 2. The normalized spacial score (nSPS) is 47.5. The first kappa shape index (κ1) is 24.4. The molecule has 5 aliphatic rings. The number of nitrogens with one attached hydrogen (secondary N) is 1. The Morgan fingerprint density at radius 3 is 2.26 bits per heavy atom. The Balaban J connectivity index is 1.56. The fraction of sp³-hybridized carbons (Fsp3) is 0.867. The summed E-state index contributed by atoms with van der Waals surface area (Å²) in [5.41, 5.74) is 2.57. The van der Waals surface area contributed by atoms with E-state index in [0.29, 0.717) is 29.1 Å². The molecule has 4 heteroatoms. The Labute approximate surface area is 206 Å². The minimum atomic E-state index is -0.986. The van der Waals surface area contributed by atoms with Gasteiger partial charge in [0.1, 0.15) is 0 Å². The second kappa shape index (κ2) is 7.59. The van der Waals surface area contributed by atoms with E-state index in [1.165, 1.54) is 37.7 Å². The average molecular weight is 470 g/mol. The molecule has 0 heterocycles. The molecule has 2 N–H and O–H groups in total. The van der Waals surface area contributed by atoms with E-state index < -0.39 is 11.6 Å². The molecule has 5 aliphatic carbocycles. The first-order chi connectivity index (χ1) is 15.8. The van der Waals surface area contributed by atoms with Crippen molar-refractivity contribution < 1.29 is 14.7 Å². The number of hydrogen-bond donors (Lipinski definition) is 2. The zero-order valence-electron chi connectivity index (χ0n) is 22.6. The van der Waals surface area contributed by atoms with Crippen LogP contribution in [0.2, 0.25) is 0 Å². The number of carboxylic acid groups (broad SMARTS) is 1. The van der Waals surface area contributed by atoms with Crippen molar-refractivity contribution in [3.8, 4) is 0 Å². The maximum Gasteiger partial charge on any atom is 0.405 e. The van der Waals surface area contributed by atoms with Gasteiger partial charge < -0.3 is 10.4 Å². The molecule has 1 amide bonds. The van der Waals surface area contributed by atoms with E-state index in [4.69, 9.17) is 0 Å². The van der Waals surface area contributed by atoms with Crippen LogP contribution in [0, 0.1) is 51.8 Å². The van der Waals surface area contributed by atoms with Crippen molar-refractivity contribution in [3.05, 3.63) is 11.1 Å². The monoisotopic (exact) mass is 469 g/mol. The molecule has 0 aromatic heterocycles. The van der Waals surface area contributed by atoms with Crippen molar-refractivity contribution in [1.82, 2.24) is 5.32 Å². The topological polar surface area (TPSA) is 66.4 Å². The van der Waals surface area contributed by atoms with Crippen LogP contribution in [0.15, 0.2) is 11.1 Å². The Morgan fingerprint density at radius 2 is 1.62 bits per heavy atom. The minimum absolute atomic E-state index is 0.151. The lowest BCUT2D eigenvalue weighted by atomic mass is 9.36. The van der Waals surface area contributed by atoms with Crippen molar-refractivity contribution >= 4 is 11.9 Å². The highest BCUT2D eigenvalue weighted by atomic mass is 16.4. The van der Waals surface area contributed by atoms with Crippen LogP contribution in [-0.4, -0.2) is 22.5 Å². The Kier molecular flexibility index (Phi) is 5.44. The van der Waals surface area contributed by atoms with Crippen LogP contribution in [0.25, 0.3) is 0 Å². The molecule has 0 aromatic carbocycles. The van der Waals surface area contributed by atoms with Crippen LogP contribution < -0.4 is 5.32 Å². The van der Waals surface area contributed by atoms with Crippen molar-refractivity contribution in [2.75, 3.05) is 0 Å². The molecule has 34 heavy (non-hydrogen) atoms. The smallest absolute Gasteiger partial charge is 0.405 e. The van der Waals surface area contributed by atoms with Gasteiger partial charge in [-0.25, -0.2) is 4.79 Å². The maximum absolute atomic E-state index is 13.3. The van der Waals surface area contributed by atoms with Crippen molar-refractivity contribution in [1.29, 1.82) is 0 Å². The van der Waals surface area contributed by atoms with Gasteiger partial charge in [-0.3, -0.25) is 4.79 Å². The van der Waals surface area contributed by atoms with Gasteiger partial charge in [-0.2, -0.15) is 0 Å². The van der Waals surface area contributed by atoms with Crippen LogP contribution in [0.4, 0.5) is 4.79 Å². The number of rotatable bonds is 2. The predicted molar refractivity (Wildman–Crippen MR) is 135 cm³/mol. The van der Waals surface area contributed by atoms with Crippen LogP contribution in [0.3, 0.4) is 0 Å². The van der Waals surface area contributed by atoms with Crippen LogP contribution in [-0.2, 0) is 4.79 Å². The summed E-state index contributed by atoms with van der Waals surface area (Å²) in [6.45, 7) is 17.0. The molecule has 190 valence electrons. The molecular formula is C30H47NO3. The lowest BCUT2D eigenvalue weighted by Crippen LogP contribution is -2.63. The first-order valence-electron chi connectivity index (χ1n) is 14.1. The zero-order valence-corrected chi connectivity index (χ0v) is 22.6. The predicted octanol–water partition coefficient (Wildman–Crippen LogP) is 7.23. The molecule has 0 radical (unpaired) electrons. The van der Waals surface area contributed by atoms with Gasteiger partial charge in [0.25, 0.3) is 0 Å². The van der Waals surface area contributed by atoms with Crippen molar-refractivity contribution in [2.24, 2.45) is 51.8 Å². The molecule has 4 saturated carbocycles. The zero-order chi connectivity index (χ0) is 24.8. The van der Waals surface area contributed by atoms with E-state index in [1.807, 2.05) is 0 Å². The van der Waals surface area contributed by atoms with Crippen molar-refractivity contribution in [3.63, 3.8) is 0 Å². The number of Topliss-reactive ketones (excluding diaryl/α,β-unsaturated/α-hetero) is 1. The Hall–Kier alpha value is -1.32. The highest BCUT2D eigenvalue weighted by Gasteiger charge is 2.66. The summed E-state index contributed by atoms with van der Waals surface area (Å²) in [6, 6.07) is 0. The van der Waals surface area contributed by atoms with Gasteiger partial charge in [-0.15, -0.1) is 0 Å². The number of allylic oxidation sites excluding steroid dienone is 1. The van der Waals surface area contributed by atoms with E-state index in [9.17, 15) is 14.7 Å². The highest BCUT2D eigenvalue weighted by molar-refractivity contribution is 6.02. The van der Waals surface area contributed by atoms with Gasteiger partial charge in [-0.05, 0) is 114 Å². The minimum Gasteiger partial charge on any atom is -0.465 e. The SMILES string of the molecule is CC(C)C1=C2C3CCC4[C@@](C)(CCC5C(C)(C)[C@@H](C)CC[C@@]54C)C3CC[C@@]2(NC(=O)O)CC1=O. The molecule has 4 fully saturated rings. The quantitative estimate of drug-likeness (QED) is 0.448. The number of carbonyl (C=O) groups excluding carboxylic acids is 1. The van der Waals surface area contributed by atoms with Crippen LogP contribution in [0.5, 0.6) is 0 Å². The summed E-state index contributed by atoms with van der Waals surface area (Å²) in [7, 11) is 0. The average Bonchev–Trinajstić information content (AvgIpc) is 3.02. The van der Waals surface area contributed by atoms with Gasteiger partial charge >= 0.3 is 6.09 Å². The molecule has 4 nitrogen and oxygen atoms in total. The second-order valence-electron chi connectivity index (χ2n) is 14.3. The maximum atomic E-state index is 13.3. The molecule has 4 unspecified atom stereocenters. The summed E-state index contributed by atoms with van der Waals surface area (Å²) < 4.78 is 0. The number of carbonyl (C=O) groups is 2. The van der Waals surface area contributed by atoms with E-state index in [0.717, 1.165) is 42.6 Å². The third-order valence-corrected chi connectivity index (χ3v) is 12.5. The first-order valence-corrected chi connectivity index (χ1v) is 14.1. The highest BCUT2D eigenvalue weighted by Crippen LogP contribution is 2.72. The Bertz CT molecular complexity index is 933. The fourth-order valence-corrected chi connectivity index (χ4v) is 10.8.